The number of hydrogen-bond donors (Lipinski definition) is 1. The van der Waals surface area contributed by atoms with Crippen molar-refractivity contribution in [3.63, 3.8) is 0 Å². The fourth-order valence-electron chi connectivity index (χ4n) is 2.74. The zero-order valence-corrected chi connectivity index (χ0v) is 13.4. The Hall–Kier alpha value is -1.47. The Bertz CT molecular complexity index is 633. The molecule has 3 heterocycles. The monoisotopic (exact) mass is 352 g/mol. The minimum atomic E-state index is -0.848. The van der Waals surface area contributed by atoms with E-state index in [1.807, 2.05) is 12.3 Å². The van der Waals surface area contributed by atoms with Gasteiger partial charge in [-0.1, -0.05) is 5.16 Å². The van der Waals surface area contributed by atoms with E-state index in [0.717, 1.165) is 29.5 Å². The normalized spacial score (nSPS) is 22.5. The number of aliphatic hydroxyl groups is 1. The van der Waals surface area contributed by atoms with Crippen LogP contribution in [0.5, 0.6) is 0 Å². The summed E-state index contributed by atoms with van der Waals surface area (Å²) in [5.74, 6) is 1.08. The molecule has 1 aliphatic heterocycles. The molecular formula is C14H17BrN4O2. The third-order valence-corrected chi connectivity index (χ3v) is 4.09. The van der Waals surface area contributed by atoms with Crippen molar-refractivity contribution < 1.29 is 9.63 Å². The Morgan fingerprint density at radius 1 is 1.48 bits per heavy atom. The average Bonchev–Trinajstić information content (AvgIpc) is 2.83. The molecule has 0 radical (unpaired) electrons. The van der Waals surface area contributed by atoms with Crippen LogP contribution in [0.15, 0.2) is 27.5 Å². The minimum absolute atomic E-state index is 0.381. The van der Waals surface area contributed by atoms with Gasteiger partial charge in [0, 0.05) is 23.8 Å². The molecule has 0 amide bonds. The van der Waals surface area contributed by atoms with Gasteiger partial charge in [-0.3, -0.25) is 4.98 Å². The second-order valence-corrected chi connectivity index (χ2v) is 6.44. The summed E-state index contributed by atoms with van der Waals surface area (Å²) in [7, 11) is 0. The van der Waals surface area contributed by atoms with Crippen molar-refractivity contribution in [2.24, 2.45) is 0 Å². The lowest BCUT2D eigenvalue weighted by Gasteiger charge is -2.39. The minimum Gasteiger partial charge on any atom is -0.388 e. The molecule has 2 aromatic rings. The van der Waals surface area contributed by atoms with Gasteiger partial charge in [-0.05, 0) is 41.8 Å². The smallest absolute Gasteiger partial charge is 0.229 e. The molecular weight excluding hydrogens is 336 g/mol. The van der Waals surface area contributed by atoms with Crippen molar-refractivity contribution in [1.82, 2.24) is 15.1 Å². The van der Waals surface area contributed by atoms with Crippen LogP contribution < -0.4 is 4.90 Å². The van der Waals surface area contributed by atoms with E-state index in [1.165, 1.54) is 0 Å². The van der Waals surface area contributed by atoms with E-state index >= 15 is 0 Å². The van der Waals surface area contributed by atoms with Crippen molar-refractivity contribution in [2.45, 2.75) is 31.8 Å². The van der Waals surface area contributed by atoms with Crippen LogP contribution in [-0.2, 0) is 6.42 Å². The molecule has 3 rings (SSSR count). The van der Waals surface area contributed by atoms with Gasteiger partial charge in [0.05, 0.1) is 23.9 Å². The molecule has 7 heteroatoms. The summed E-state index contributed by atoms with van der Waals surface area (Å²) in [6, 6.07) is 2.01. The van der Waals surface area contributed by atoms with Crippen molar-refractivity contribution in [3.05, 3.63) is 34.6 Å². The fourth-order valence-corrected chi connectivity index (χ4v) is 3.10. The molecule has 1 aliphatic rings. The van der Waals surface area contributed by atoms with Gasteiger partial charge >= 0.3 is 0 Å². The molecule has 1 unspecified atom stereocenters. The lowest BCUT2D eigenvalue weighted by Crippen LogP contribution is -2.49. The zero-order chi connectivity index (χ0) is 14.9. The number of nitrogens with zero attached hydrogens (tertiary/aromatic N) is 4. The number of rotatable bonds is 3. The van der Waals surface area contributed by atoms with Gasteiger partial charge < -0.3 is 14.5 Å². The van der Waals surface area contributed by atoms with Crippen molar-refractivity contribution in [1.29, 1.82) is 0 Å². The SMILES string of the molecule is Cc1noc(CC2(O)CCCN(c3cncc(Br)c3)C2)n1. The largest absolute Gasteiger partial charge is 0.388 e. The van der Waals surface area contributed by atoms with E-state index in [4.69, 9.17) is 4.52 Å². The Kier molecular flexibility index (Phi) is 3.95. The topological polar surface area (TPSA) is 75.3 Å². The Labute approximate surface area is 131 Å². The quantitative estimate of drug-likeness (QED) is 0.911. The van der Waals surface area contributed by atoms with Crippen molar-refractivity contribution in [2.75, 3.05) is 18.0 Å². The Morgan fingerprint density at radius 3 is 3.05 bits per heavy atom. The van der Waals surface area contributed by atoms with Crippen LogP contribution >= 0.6 is 15.9 Å². The first kappa shape index (κ1) is 14.5. The number of aromatic nitrogens is 3. The van der Waals surface area contributed by atoms with Gasteiger partial charge in [-0.15, -0.1) is 0 Å². The van der Waals surface area contributed by atoms with Crippen LogP contribution in [0.25, 0.3) is 0 Å². The Morgan fingerprint density at radius 2 is 2.33 bits per heavy atom. The molecule has 1 N–H and O–H groups in total. The molecule has 6 nitrogen and oxygen atoms in total. The maximum absolute atomic E-state index is 10.8. The summed E-state index contributed by atoms with van der Waals surface area (Å²) in [6.45, 7) is 3.22. The standard InChI is InChI=1S/C14H17BrN4O2/c1-10-17-13(21-18-10)6-14(20)3-2-4-19(9-14)12-5-11(15)7-16-8-12/h5,7-8,20H,2-4,6,9H2,1H3. The second-order valence-electron chi connectivity index (χ2n) is 5.52. The maximum atomic E-state index is 10.8. The number of anilines is 1. The molecule has 0 spiro atoms. The first-order valence-corrected chi connectivity index (χ1v) is 7.70. The predicted octanol–water partition coefficient (Wildman–Crippen LogP) is 2.11. The molecule has 0 aromatic carbocycles. The van der Waals surface area contributed by atoms with Crippen LogP contribution in [0.1, 0.15) is 24.6 Å². The van der Waals surface area contributed by atoms with Gasteiger partial charge in [-0.25, -0.2) is 0 Å². The number of piperidine rings is 1. The maximum Gasteiger partial charge on any atom is 0.229 e. The van der Waals surface area contributed by atoms with E-state index in [2.05, 4.69) is 36.0 Å². The molecule has 0 saturated carbocycles. The number of hydrogen-bond acceptors (Lipinski definition) is 6. The van der Waals surface area contributed by atoms with Gasteiger partial charge in [0.1, 0.15) is 0 Å². The summed E-state index contributed by atoms with van der Waals surface area (Å²) < 4.78 is 6.06. The zero-order valence-electron chi connectivity index (χ0n) is 11.8. The van der Waals surface area contributed by atoms with Gasteiger partial charge in [0.25, 0.3) is 0 Å². The van der Waals surface area contributed by atoms with E-state index < -0.39 is 5.60 Å². The van der Waals surface area contributed by atoms with Crippen LogP contribution in [0.3, 0.4) is 0 Å². The van der Waals surface area contributed by atoms with E-state index in [9.17, 15) is 5.11 Å². The number of pyridine rings is 1. The summed E-state index contributed by atoms with van der Waals surface area (Å²) in [5, 5.41) is 14.6. The van der Waals surface area contributed by atoms with Crippen molar-refractivity contribution >= 4 is 21.6 Å². The summed E-state index contributed by atoms with van der Waals surface area (Å²) in [4.78, 5) is 10.5. The fraction of sp³-hybridized carbons (Fsp3) is 0.500. The molecule has 1 saturated heterocycles. The molecule has 2 aromatic heterocycles. The Balaban J connectivity index is 1.75. The van der Waals surface area contributed by atoms with Gasteiger partial charge in [0.2, 0.25) is 5.89 Å². The summed E-state index contributed by atoms with van der Waals surface area (Å²) in [6.07, 6.45) is 5.59. The van der Waals surface area contributed by atoms with E-state index in [-0.39, 0.29) is 0 Å². The second kappa shape index (κ2) is 5.73. The highest BCUT2D eigenvalue weighted by Crippen LogP contribution is 2.29. The number of aryl methyl sites for hydroxylation is 1. The number of β-amino-alcohol motifs (C(OH)–C–C–N with tert-alkyl or cyclic N) is 1. The third kappa shape index (κ3) is 3.41. The molecule has 0 bridgehead atoms. The lowest BCUT2D eigenvalue weighted by atomic mass is 9.89. The van der Waals surface area contributed by atoms with E-state index in [1.54, 1.807) is 13.1 Å². The molecule has 112 valence electrons. The first-order chi connectivity index (χ1) is 10.0. The predicted molar refractivity (Wildman–Crippen MR) is 81.1 cm³/mol. The van der Waals surface area contributed by atoms with Crippen LogP contribution in [0.4, 0.5) is 5.69 Å². The third-order valence-electron chi connectivity index (χ3n) is 3.66. The van der Waals surface area contributed by atoms with Crippen LogP contribution in [0, 0.1) is 6.92 Å². The van der Waals surface area contributed by atoms with E-state index in [0.29, 0.717) is 24.7 Å². The van der Waals surface area contributed by atoms with Crippen LogP contribution in [0.2, 0.25) is 0 Å². The summed E-state index contributed by atoms with van der Waals surface area (Å²) >= 11 is 3.43. The number of halogens is 1. The molecule has 21 heavy (non-hydrogen) atoms. The van der Waals surface area contributed by atoms with Crippen molar-refractivity contribution in [3.8, 4) is 0 Å². The average molecular weight is 353 g/mol. The molecule has 1 fully saturated rings. The highest BCUT2D eigenvalue weighted by molar-refractivity contribution is 9.10. The van der Waals surface area contributed by atoms with Gasteiger partial charge in [0.15, 0.2) is 5.82 Å². The molecule has 0 aliphatic carbocycles. The highest BCUT2D eigenvalue weighted by Gasteiger charge is 2.35. The summed E-state index contributed by atoms with van der Waals surface area (Å²) in [5.41, 5.74) is 0.156. The van der Waals surface area contributed by atoms with Gasteiger partial charge in [-0.2, -0.15) is 4.98 Å². The lowest BCUT2D eigenvalue weighted by molar-refractivity contribution is 0.0193. The first-order valence-electron chi connectivity index (χ1n) is 6.91. The molecule has 1 atom stereocenters. The highest BCUT2D eigenvalue weighted by atomic mass is 79.9. The van der Waals surface area contributed by atoms with Crippen LogP contribution in [-0.4, -0.2) is 38.9 Å².